The van der Waals surface area contributed by atoms with E-state index in [0.29, 0.717) is 21.9 Å². The summed E-state index contributed by atoms with van der Waals surface area (Å²) in [4.78, 5) is 21.6. The van der Waals surface area contributed by atoms with Gasteiger partial charge in [0.1, 0.15) is 5.82 Å². The molecule has 10 heteroatoms. The number of alkyl halides is 3. The molecule has 1 amide bonds. The van der Waals surface area contributed by atoms with Crippen LogP contribution in [0.2, 0.25) is 0 Å². The standard InChI is InChI=1S/C18H13F4N3O3/c1-9-4-5-23-15(16(26)18(19,20)21)14(9)11-3-2-10-7-13(25-17(27)28-22)24-8-12(10)6-11/h2-8,16,26H,1H3,(H,24,25,27)/t16-/m1/s1. The molecule has 0 saturated carbocycles. The molecule has 2 heterocycles. The number of amides is 1. The number of rotatable bonds is 3. The average Bonchev–Trinajstić information content (AvgIpc) is 2.66. The van der Waals surface area contributed by atoms with E-state index < -0.39 is 24.1 Å². The van der Waals surface area contributed by atoms with Gasteiger partial charge in [-0.05, 0) is 41.6 Å². The first-order valence-electron chi connectivity index (χ1n) is 7.90. The molecule has 6 nitrogen and oxygen atoms in total. The van der Waals surface area contributed by atoms with Gasteiger partial charge in [-0.1, -0.05) is 12.1 Å². The molecule has 2 aromatic heterocycles. The van der Waals surface area contributed by atoms with Gasteiger partial charge in [0.2, 0.25) is 0 Å². The highest BCUT2D eigenvalue weighted by molar-refractivity contribution is 5.91. The third kappa shape index (κ3) is 3.86. The van der Waals surface area contributed by atoms with E-state index in [4.69, 9.17) is 0 Å². The largest absolute Gasteiger partial charge is 0.450 e. The quantitative estimate of drug-likeness (QED) is 0.632. The number of nitrogens with one attached hydrogen (secondary N) is 1. The molecule has 0 radical (unpaired) electrons. The monoisotopic (exact) mass is 395 g/mol. The van der Waals surface area contributed by atoms with Crippen LogP contribution in [0, 0.1) is 6.92 Å². The summed E-state index contributed by atoms with van der Waals surface area (Å²) in [5, 5.41) is 12.9. The molecule has 0 saturated heterocycles. The SMILES string of the molecule is Cc1ccnc([C@@H](O)C(F)(F)F)c1-c1ccc2cc(NC(=O)OF)ncc2c1. The molecule has 1 aromatic carbocycles. The van der Waals surface area contributed by atoms with E-state index in [-0.39, 0.29) is 11.4 Å². The van der Waals surface area contributed by atoms with Crippen LogP contribution in [-0.4, -0.2) is 27.3 Å². The van der Waals surface area contributed by atoms with Crippen LogP contribution in [0.1, 0.15) is 17.4 Å². The van der Waals surface area contributed by atoms with Crippen LogP contribution in [0.15, 0.2) is 42.7 Å². The maximum Gasteiger partial charge on any atom is 0.450 e. The van der Waals surface area contributed by atoms with Gasteiger partial charge < -0.3 is 5.11 Å². The molecule has 3 aromatic rings. The topological polar surface area (TPSA) is 84.3 Å². The fraction of sp³-hybridized carbons (Fsp3) is 0.167. The van der Waals surface area contributed by atoms with Crippen LogP contribution in [0.3, 0.4) is 0 Å². The molecular formula is C18H13F4N3O3. The highest BCUT2D eigenvalue weighted by atomic mass is 19.4. The number of hydrogen-bond donors (Lipinski definition) is 2. The third-order valence-electron chi connectivity index (χ3n) is 4.07. The summed E-state index contributed by atoms with van der Waals surface area (Å²) in [7, 11) is 0. The zero-order chi connectivity index (χ0) is 20.5. The van der Waals surface area contributed by atoms with Gasteiger partial charge in [0.15, 0.2) is 6.10 Å². The number of hydrogen-bond acceptors (Lipinski definition) is 5. The number of pyridine rings is 2. The molecule has 0 aliphatic rings. The first-order chi connectivity index (χ1) is 13.2. The molecule has 0 bridgehead atoms. The smallest absolute Gasteiger partial charge is 0.378 e. The van der Waals surface area contributed by atoms with Crippen molar-refractivity contribution in [3.8, 4) is 11.1 Å². The molecule has 0 unspecified atom stereocenters. The van der Waals surface area contributed by atoms with Crippen molar-refractivity contribution in [1.82, 2.24) is 9.97 Å². The fourth-order valence-corrected chi connectivity index (χ4v) is 2.81. The molecular weight excluding hydrogens is 382 g/mol. The van der Waals surface area contributed by atoms with Crippen LogP contribution in [-0.2, 0) is 4.94 Å². The summed E-state index contributed by atoms with van der Waals surface area (Å²) in [6, 6.07) is 7.71. The average molecular weight is 395 g/mol. The number of aliphatic hydroxyl groups excluding tert-OH is 1. The molecule has 146 valence electrons. The molecule has 0 spiro atoms. The zero-order valence-corrected chi connectivity index (χ0v) is 14.3. The summed E-state index contributed by atoms with van der Waals surface area (Å²) < 4.78 is 50.9. The van der Waals surface area contributed by atoms with Gasteiger partial charge in [0, 0.05) is 27.9 Å². The lowest BCUT2D eigenvalue weighted by atomic mass is 9.95. The Hall–Kier alpha value is -3.27. The first-order valence-corrected chi connectivity index (χ1v) is 7.90. The molecule has 2 N–H and O–H groups in total. The highest BCUT2D eigenvalue weighted by Crippen LogP contribution is 2.38. The number of fused-ring (bicyclic) bond motifs is 1. The minimum absolute atomic E-state index is 0.0358. The highest BCUT2D eigenvalue weighted by Gasteiger charge is 2.41. The lowest BCUT2D eigenvalue weighted by Gasteiger charge is -2.19. The molecule has 28 heavy (non-hydrogen) atoms. The van der Waals surface area contributed by atoms with Gasteiger partial charge in [0.05, 0.1) is 5.69 Å². The Bertz CT molecular complexity index is 1040. The van der Waals surface area contributed by atoms with Gasteiger partial charge >= 0.3 is 12.3 Å². The number of halogens is 4. The summed E-state index contributed by atoms with van der Waals surface area (Å²) in [5.74, 6) is 0.0358. The lowest BCUT2D eigenvalue weighted by molar-refractivity contribution is -0.207. The van der Waals surface area contributed by atoms with E-state index in [1.807, 2.05) is 0 Å². The predicted molar refractivity (Wildman–Crippen MR) is 91.9 cm³/mol. The van der Waals surface area contributed by atoms with Crippen LogP contribution < -0.4 is 5.32 Å². The van der Waals surface area contributed by atoms with Crippen molar-refractivity contribution in [2.75, 3.05) is 5.32 Å². The van der Waals surface area contributed by atoms with Gasteiger partial charge in [-0.2, -0.15) is 13.2 Å². The number of anilines is 1. The van der Waals surface area contributed by atoms with E-state index in [2.05, 4.69) is 20.2 Å². The zero-order valence-electron chi connectivity index (χ0n) is 14.3. The van der Waals surface area contributed by atoms with E-state index in [0.717, 1.165) is 0 Å². The normalized spacial score (nSPS) is 12.6. The third-order valence-corrected chi connectivity index (χ3v) is 4.07. The van der Waals surface area contributed by atoms with Crippen LogP contribution in [0.4, 0.5) is 28.3 Å². The predicted octanol–water partition coefficient (Wildman–Crippen LogP) is 4.63. The number of aliphatic hydroxyl groups is 1. The second kappa shape index (κ2) is 7.39. The molecule has 1 atom stereocenters. The first kappa shape index (κ1) is 19.5. The Labute approximate surface area is 155 Å². The Kier molecular flexibility index (Phi) is 5.14. The van der Waals surface area contributed by atoms with Gasteiger partial charge in [-0.15, -0.1) is 0 Å². The van der Waals surface area contributed by atoms with Crippen LogP contribution in [0.5, 0.6) is 0 Å². The summed E-state index contributed by atoms with van der Waals surface area (Å²) in [6.45, 7) is 1.61. The van der Waals surface area contributed by atoms with Crippen molar-refractivity contribution in [2.45, 2.75) is 19.2 Å². The Morgan fingerprint density at radius 3 is 2.61 bits per heavy atom. The minimum atomic E-state index is -4.86. The van der Waals surface area contributed by atoms with E-state index in [1.165, 1.54) is 18.5 Å². The lowest BCUT2D eigenvalue weighted by Crippen LogP contribution is -2.22. The van der Waals surface area contributed by atoms with Crippen molar-refractivity contribution >= 4 is 22.7 Å². The molecule has 3 rings (SSSR count). The maximum absolute atomic E-state index is 13.0. The van der Waals surface area contributed by atoms with Crippen molar-refractivity contribution in [3.05, 3.63) is 54.0 Å². The minimum Gasteiger partial charge on any atom is -0.378 e. The number of carbonyl (C=O) groups is 1. The summed E-state index contributed by atoms with van der Waals surface area (Å²) >= 11 is 0. The maximum atomic E-state index is 13.0. The van der Waals surface area contributed by atoms with Crippen LogP contribution in [0.25, 0.3) is 21.9 Å². The second-order valence-electron chi connectivity index (χ2n) is 5.95. The van der Waals surface area contributed by atoms with Crippen LogP contribution >= 0.6 is 0 Å². The van der Waals surface area contributed by atoms with Crippen molar-refractivity contribution < 1.29 is 32.5 Å². The Morgan fingerprint density at radius 1 is 1.18 bits per heavy atom. The van der Waals surface area contributed by atoms with E-state index in [1.54, 1.807) is 31.2 Å². The van der Waals surface area contributed by atoms with E-state index >= 15 is 0 Å². The molecule has 0 fully saturated rings. The summed E-state index contributed by atoms with van der Waals surface area (Å²) in [6.07, 6.45) is -6.36. The number of aryl methyl sites for hydroxylation is 1. The van der Waals surface area contributed by atoms with Crippen molar-refractivity contribution in [2.24, 2.45) is 0 Å². The summed E-state index contributed by atoms with van der Waals surface area (Å²) in [5.41, 5.74) is 0.577. The second-order valence-corrected chi connectivity index (χ2v) is 5.95. The number of carbonyl (C=O) groups excluding carboxylic acids is 1. The number of nitrogens with zero attached hydrogens (tertiary/aromatic N) is 2. The number of aromatic nitrogens is 2. The molecule has 0 aliphatic heterocycles. The van der Waals surface area contributed by atoms with Crippen molar-refractivity contribution in [3.63, 3.8) is 0 Å². The Morgan fingerprint density at radius 2 is 1.93 bits per heavy atom. The van der Waals surface area contributed by atoms with Gasteiger partial charge in [0.25, 0.3) is 0 Å². The van der Waals surface area contributed by atoms with E-state index in [9.17, 15) is 27.6 Å². The van der Waals surface area contributed by atoms with Gasteiger partial charge in [-0.25, -0.2) is 14.7 Å². The van der Waals surface area contributed by atoms with Crippen molar-refractivity contribution in [1.29, 1.82) is 0 Å². The number of benzene rings is 1. The molecule has 0 aliphatic carbocycles. The van der Waals surface area contributed by atoms with Gasteiger partial charge in [-0.3, -0.25) is 10.3 Å². The Balaban J connectivity index is 2.07. The fourth-order valence-electron chi connectivity index (χ4n) is 2.81.